The Balaban J connectivity index is 1.08. The highest BCUT2D eigenvalue weighted by Crippen LogP contribution is 3.00. The van der Waals surface area contributed by atoms with Gasteiger partial charge < -0.3 is 0 Å². The molecule has 0 aliphatic heterocycles. The molecule has 1 spiro atoms. The second-order valence-corrected chi connectivity index (χ2v) is 19.7. The highest BCUT2D eigenvalue weighted by atomic mass is 15.0. The molecular formula is C40H64. The molecule has 0 aromatic carbocycles. The van der Waals surface area contributed by atoms with Gasteiger partial charge in [-0.3, -0.25) is 0 Å². The SMILES string of the molecule is CC(C)C1CC2CC3CCC4C5CC(C6CCCCC6)CCC5CC4C3C3C45C(CC(C)(C)C34C(C)C)C(C1)C25. The van der Waals surface area contributed by atoms with E-state index in [0.29, 0.717) is 10.8 Å². The smallest absolute Gasteiger partial charge is 0.0121 e. The van der Waals surface area contributed by atoms with Crippen LogP contribution in [0.4, 0.5) is 0 Å². The predicted octanol–water partition coefficient (Wildman–Crippen LogP) is 10.9. The molecule has 0 radical (unpaired) electrons. The first-order valence-corrected chi connectivity index (χ1v) is 19.2. The van der Waals surface area contributed by atoms with Crippen molar-refractivity contribution in [3.05, 3.63) is 0 Å². The molecule has 0 bridgehead atoms. The molecule has 40 heavy (non-hydrogen) atoms. The standard InChI is InChI=1S/C40H64/c1-22(2)28-17-29-16-27-14-15-30-31-18-25(24-10-8-7-9-11-24)12-13-26(31)19-32(30)35(27)37-39-34(33(20-28)36(29)39)21-38(5,6)40(37,39)23(3)4/h22-37H,7-21H2,1-6H3. The lowest BCUT2D eigenvalue weighted by Gasteiger charge is -2.61. The van der Waals surface area contributed by atoms with Crippen molar-refractivity contribution in [2.24, 2.45) is 111 Å². The summed E-state index contributed by atoms with van der Waals surface area (Å²) in [6.45, 7) is 16.2. The van der Waals surface area contributed by atoms with Crippen LogP contribution in [-0.2, 0) is 0 Å². The lowest BCUT2D eigenvalue weighted by molar-refractivity contribution is -0.137. The van der Waals surface area contributed by atoms with Crippen LogP contribution in [0.15, 0.2) is 0 Å². The van der Waals surface area contributed by atoms with Gasteiger partial charge >= 0.3 is 0 Å². The monoisotopic (exact) mass is 545 g/mol. The first kappa shape index (κ1) is 26.4. The summed E-state index contributed by atoms with van der Waals surface area (Å²) in [5.74, 6) is 17.3. The number of hydrogen-bond donors (Lipinski definition) is 0. The molecule has 9 aliphatic carbocycles. The summed E-state index contributed by atoms with van der Waals surface area (Å²) in [7, 11) is 0. The van der Waals surface area contributed by atoms with Crippen LogP contribution in [0.1, 0.15) is 138 Å². The maximum absolute atomic E-state index is 2.80. The minimum Gasteiger partial charge on any atom is -0.0625 e. The summed E-state index contributed by atoms with van der Waals surface area (Å²) in [5, 5.41) is 0. The molecule has 0 N–H and O–H groups in total. The molecule has 0 nitrogen and oxygen atoms in total. The number of fused-ring (bicyclic) bond motifs is 8. The zero-order valence-electron chi connectivity index (χ0n) is 27.3. The minimum absolute atomic E-state index is 0.567. The Morgan fingerprint density at radius 2 is 1.30 bits per heavy atom. The van der Waals surface area contributed by atoms with Crippen LogP contribution < -0.4 is 0 Å². The van der Waals surface area contributed by atoms with Crippen LogP contribution in [0.5, 0.6) is 0 Å². The van der Waals surface area contributed by atoms with Gasteiger partial charge in [0, 0.05) is 0 Å². The fourth-order valence-corrected chi connectivity index (χ4v) is 17.8. The Morgan fingerprint density at radius 3 is 2.05 bits per heavy atom. The Hall–Kier alpha value is 0. The molecule has 15 atom stereocenters. The lowest BCUT2D eigenvalue weighted by Crippen LogP contribution is -2.56. The van der Waals surface area contributed by atoms with E-state index in [-0.39, 0.29) is 0 Å². The van der Waals surface area contributed by atoms with E-state index >= 15 is 0 Å². The van der Waals surface area contributed by atoms with Gasteiger partial charge in [0.1, 0.15) is 0 Å². The molecule has 0 heteroatoms. The zero-order valence-corrected chi connectivity index (χ0v) is 27.3. The largest absolute Gasteiger partial charge is 0.0625 e. The van der Waals surface area contributed by atoms with Crippen LogP contribution >= 0.6 is 0 Å². The highest BCUT2D eigenvalue weighted by Gasteiger charge is 2.96. The van der Waals surface area contributed by atoms with Gasteiger partial charge in [-0.1, -0.05) is 73.6 Å². The molecule has 0 saturated heterocycles. The Bertz CT molecular complexity index is 1010. The van der Waals surface area contributed by atoms with Gasteiger partial charge in [-0.15, -0.1) is 0 Å². The number of hydrogen-bond acceptors (Lipinski definition) is 0. The second-order valence-electron chi connectivity index (χ2n) is 19.7. The van der Waals surface area contributed by atoms with E-state index in [0.717, 1.165) is 100 Å². The zero-order chi connectivity index (χ0) is 27.3. The highest BCUT2D eigenvalue weighted by molar-refractivity contribution is 5.43. The van der Waals surface area contributed by atoms with E-state index in [2.05, 4.69) is 41.5 Å². The summed E-state index contributed by atoms with van der Waals surface area (Å²) in [6.07, 6.45) is 24.1. The first-order chi connectivity index (χ1) is 19.2. The maximum Gasteiger partial charge on any atom is -0.0121 e. The van der Waals surface area contributed by atoms with Gasteiger partial charge in [-0.25, -0.2) is 0 Å². The fraction of sp³-hybridized carbons (Fsp3) is 1.00. The lowest BCUT2D eigenvalue weighted by atomic mass is 9.43. The Labute approximate surface area is 248 Å². The van der Waals surface area contributed by atoms with Crippen molar-refractivity contribution >= 4 is 0 Å². The van der Waals surface area contributed by atoms with Gasteiger partial charge in [0.15, 0.2) is 0 Å². The summed E-state index contributed by atoms with van der Waals surface area (Å²) in [4.78, 5) is 0. The van der Waals surface area contributed by atoms with Gasteiger partial charge in [0.2, 0.25) is 0 Å². The van der Waals surface area contributed by atoms with E-state index in [4.69, 9.17) is 0 Å². The Kier molecular flexibility index (Phi) is 5.67. The van der Waals surface area contributed by atoms with E-state index in [1.54, 1.807) is 89.9 Å². The van der Waals surface area contributed by atoms with E-state index < -0.39 is 0 Å². The van der Waals surface area contributed by atoms with Gasteiger partial charge in [-0.05, 0) is 175 Å². The summed E-state index contributed by atoms with van der Waals surface area (Å²) < 4.78 is 0. The third-order valence-corrected chi connectivity index (χ3v) is 18.2. The van der Waals surface area contributed by atoms with Crippen LogP contribution in [0.25, 0.3) is 0 Å². The van der Waals surface area contributed by atoms with Gasteiger partial charge in [0.25, 0.3) is 0 Å². The van der Waals surface area contributed by atoms with Crippen molar-refractivity contribution in [1.29, 1.82) is 0 Å². The molecular weight excluding hydrogens is 480 g/mol. The fourth-order valence-electron chi connectivity index (χ4n) is 17.8. The first-order valence-electron chi connectivity index (χ1n) is 19.2. The van der Waals surface area contributed by atoms with Gasteiger partial charge in [-0.2, -0.15) is 0 Å². The van der Waals surface area contributed by atoms with Crippen molar-refractivity contribution in [3.63, 3.8) is 0 Å². The van der Waals surface area contributed by atoms with Crippen molar-refractivity contribution in [2.75, 3.05) is 0 Å². The second kappa shape index (κ2) is 8.58. The van der Waals surface area contributed by atoms with Crippen molar-refractivity contribution in [3.8, 4) is 0 Å². The topological polar surface area (TPSA) is 0 Å². The molecule has 15 unspecified atom stereocenters. The molecule has 0 aromatic heterocycles. The minimum atomic E-state index is 0.567. The van der Waals surface area contributed by atoms with Crippen LogP contribution in [0.3, 0.4) is 0 Å². The molecule has 0 heterocycles. The third kappa shape index (κ3) is 2.94. The third-order valence-electron chi connectivity index (χ3n) is 18.2. The Morgan fingerprint density at radius 1 is 0.575 bits per heavy atom. The molecule has 9 saturated carbocycles. The summed E-state index contributed by atoms with van der Waals surface area (Å²) in [6, 6.07) is 0. The molecule has 9 fully saturated rings. The summed E-state index contributed by atoms with van der Waals surface area (Å²) in [5.41, 5.74) is 2.03. The predicted molar refractivity (Wildman–Crippen MR) is 166 cm³/mol. The molecule has 0 amide bonds. The molecule has 224 valence electrons. The van der Waals surface area contributed by atoms with E-state index in [1.807, 2.05) is 0 Å². The average Bonchev–Trinajstić information content (AvgIpc) is 3.44. The van der Waals surface area contributed by atoms with Crippen LogP contribution in [0, 0.1) is 111 Å². The average molecular weight is 545 g/mol. The van der Waals surface area contributed by atoms with Crippen molar-refractivity contribution in [1.82, 2.24) is 0 Å². The van der Waals surface area contributed by atoms with E-state index in [9.17, 15) is 0 Å². The number of rotatable bonds is 3. The summed E-state index contributed by atoms with van der Waals surface area (Å²) >= 11 is 0. The normalized spacial score (nSPS) is 59.2. The molecule has 9 aliphatic rings. The molecule has 0 aromatic rings. The van der Waals surface area contributed by atoms with Crippen LogP contribution in [-0.4, -0.2) is 0 Å². The van der Waals surface area contributed by atoms with Crippen LogP contribution in [0.2, 0.25) is 0 Å². The quantitative estimate of drug-likeness (QED) is 0.331. The maximum atomic E-state index is 2.80. The van der Waals surface area contributed by atoms with E-state index in [1.165, 1.54) is 6.42 Å². The van der Waals surface area contributed by atoms with Gasteiger partial charge in [0.05, 0.1) is 0 Å². The van der Waals surface area contributed by atoms with Crippen molar-refractivity contribution in [2.45, 2.75) is 138 Å². The molecule has 9 rings (SSSR count). The van der Waals surface area contributed by atoms with Crippen molar-refractivity contribution < 1.29 is 0 Å².